The van der Waals surface area contributed by atoms with E-state index in [1.807, 2.05) is 0 Å². The van der Waals surface area contributed by atoms with Gasteiger partial charge in [-0.2, -0.15) is 0 Å². The van der Waals surface area contributed by atoms with Gasteiger partial charge in [-0.25, -0.2) is 0 Å². The lowest BCUT2D eigenvalue weighted by molar-refractivity contribution is -0.502. The second-order valence-electron chi connectivity index (χ2n) is 4.10. The largest absolute Gasteiger partial charge is 0.522 e. The minimum Gasteiger partial charge on any atom is -0.387 e. The van der Waals surface area contributed by atoms with Gasteiger partial charge in [-0.05, 0) is 0 Å². The minimum absolute atomic E-state index is 1.01. The molecule has 6 nitrogen and oxygen atoms in total. The van der Waals surface area contributed by atoms with Crippen LogP contribution in [-0.4, -0.2) is 59.7 Å². The molecule has 0 amide bonds. The third kappa shape index (κ3) is 1.74. The Morgan fingerprint density at radius 1 is 0.882 bits per heavy atom. The first kappa shape index (κ1) is 11.6. The summed E-state index contributed by atoms with van der Waals surface area (Å²) in [5.41, 5.74) is 0. The fourth-order valence-electron chi connectivity index (χ4n) is 2.40. The third-order valence-electron chi connectivity index (χ3n) is 3.07. The van der Waals surface area contributed by atoms with Crippen LogP contribution in [0.15, 0.2) is 0 Å². The molecule has 0 aromatic rings. The molecule has 1 saturated carbocycles. The monoisotopic (exact) mass is 258 g/mol. The van der Waals surface area contributed by atoms with E-state index in [0.717, 1.165) is 0 Å². The van der Waals surface area contributed by atoms with Gasteiger partial charge in [-0.3, -0.25) is 4.74 Å². The van der Waals surface area contributed by atoms with Crippen molar-refractivity contribution in [2.24, 2.45) is 0 Å². The highest BCUT2D eigenvalue weighted by Gasteiger charge is 2.63. The van der Waals surface area contributed by atoms with Gasteiger partial charge >= 0.3 is 6.36 Å². The summed E-state index contributed by atoms with van der Waals surface area (Å²) >= 11 is 0. The summed E-state index contributed by atoms with van der Waals surface area (Å²) in [4.78, 5) is 0. The van der Waals surface area contributed by atoms with Crippen LogP contribution in [0.5, 0.6) is 0 Å². The van der Waals surface area contributed by atoms with Crippen LogP contribution in [0.4, 0.5) is 13.2 Å². The van der Waals surface area contributed by atoms with Crippen LogP contribution in [0.1, 0.15) is 0 Å². The molecule has 4 bridgehead atoms. The molecule has 2 N–H and O–H groups in total. The quantitative estimate of drug-likeness (QED) is 0.634. The van der Waals surface area contributed by atoms with Gasteiger partial charge in [0, 0.05) is 0 Å². The number of hydrogen-bond acceptors (Lipinski definition) is 6. The average Bonchev–Trinajstić information content (AvgIpc) is 2.21. The Labute approximate surface area is 92.8 Å². The zero-order valence-electron chi connectivity index (χ0n) is 8.20. The van der Waals surface area contributed by atoms with E-state index in [1.165, 1.54) is 0 Å². The van der Waals surface area contributed by atoms with Crippen molar-refractivity contribution < 1.29 is 42.3 Å². The summed E-state index contributed by atoms with van der Waals surface area (Å²) in [6, 6.07) is 0. The number of halogens is 3. The molecule has 0 aromatic heterocycles. The minimum atomic E-state index is -4.90. The molecule has 4 atom stereocenters. The Hall–Kier alpha value is -0.450. The van der Waals surface area contributed by atoms with E-state index in [1.54, 1.807) is 0 Å². The highest BCUT2D eigenvalue weighted by Crippen LogP contribution is 2.42. The van der Waals surface area contributed by atoms with Crippen molar-refractivity contribution in [3.63, 3.8) is 0 Å². The maximum absolute atomic E-state index is 12.2. The molecule has 17 heavy (non-hydrogen) atoms. The summed E-state index contributed by atoms with van der Waals surface area (Å²) in [7, 11) is 0. The fraction of sp³-hybridized carbons (Fsp3) is 1.00. The summed E-state index contributed by atoms with van der Waals surface area (Å²) in [6.45, 7) is -1.16. The average molecular weight is 258 g/mol. The van der Waals surface area contributed by atoms with Gasteiger partial charge < -0.3 is 24.4 Å². The topological polar surface area (TPSA) is 77.4 Å². The van der Waals surface area contributed by atoms with Crippen molar-refractivity contribution in [2.75, 3.05) is 0 Å². The zero-order chi connectivity index (χ0) is 12.4. The van der Waals surface area contributed by atoms with Crippen molar-refractivity contribution in [1.82, 2.24) is 0 Å². The molecule has 0 spiro atoms. The van der Waals surface area contributed by atoms with E-state index in [0.29, 0.717) is 0 Å². The van der Waals surface area contributed by atoms with Crippen LogP contribution >= 0.6 is 0 Å². The molecule has 9 heteroatoms. The van der Waals surface area contributed by atoms with Crippen LogP contribution in [0.3, 0.4) is 0 Å². The van der Waals surface area contributed by atoms with Gasteiger partial charge in [0.2, 0.25) is 0 Å². The molecule has 0 aromatic carbocycles. The van der Waals surface area contributed by atoms with E-state index < -0.39 is 49.5 Å². The zero-order valence-corrected chi connectivity index (χ0v) is 8.20. The summed E-state index contributed by atoms with van der Waals surface area (Å²) in [6.07, 6.45) is -12.7. The molecular weight excluding hydrogens is 249 g/mol. The van der Waals surface area contributed by atoms with E-state index in [2.05, 4.69) is 4.74 Å². The predicted octanol–water partition coefficient (Wildman–Crippen LogP) is -0.907. The molecule has 0 radical (unpaired) electrons. The number of rotatable bonds is 1. The fourth-order valence-corrected chi connectivity index (χ4v) is 2.40. The summed E-state index contributed by atoms with van der Waals surface area (Å²) in [5.74, 6) is 0. The lowest BCUT2D eigenvalue weighted by Gasteiger charge is -2.56. The van der Waals surface area contributed by atoms with Gasteiger partial charge in [0.15, 0.2) is 0 Å². The molecule has 3 saturated heterocycles. The number of hydrogen-bond donors (Lipinski definition) is 2. The van der Waals surface area contributed by atoms with Crippen molar-refractivity contribution in [3.8, 4) is 0 Å². The predicted molar refractivity (Wildman–Crippen MR) is 41.3 cm³/mol. The Bertz CT molecular complexity index is 303. The summed E-state index contributed by atoms with van der Waals surface area (Å²) < 4.78 is 55.1. The molecule has 3 heterocycles. The Morgan fingerprint density at radius 2 is 1.35 bits per heavy atom. The first-order valence-corrected chi connectivity index (χ1v) is 4.94. The number of alkyl halides is 3. The van der Waals surface area contributed by atoms with Gasteiger partial charge in [0.25, 0.3) is 6.48 Å². The van der Waals surface area contributed by atoms with Gasteiger partial charge in [-0.15, -0.1) is 13.2 Å². The lowest BCUT2D eigenvalue weighted by atomic mass is 9.82. The normalized spacial score (nSPS) is 53.1. The standard InChI is InChI=1S/C8H9F3O6/c9-8(10,11)17-6-4-1(12)3-2(13)5(6)16-7(14-3)15-4/h1-7,12-13H. The number of aliphatic hydroxyl groups excluding tert-OH is 2. The number of ether oxygens (including phenoxy) is 4. The Balaban J connectivity index is 1.85. The van der Waals surface area contributed by atoms with Crippen molar-refractivity contribution in [2.45, 2.75) is 49.5 Å². The molecule has 1 aliphatic carbocycles. The van der Waals surface area contributed by atoms with Crippen LogP contribution in [0.25, 0.3) is 0 Å². The van der Waals surface area contributed by atoms with Gasteiger partial charge in [0.05, 0.1) is 0 Å². The number of aliphatic hydroxyl groups is 2. The Kier molecular flexibility index (Phi) is 2.41. The van der Waals surface area contributed by atoms with Crippen LogP contribution < -0.4 is 0 Å². The summed E-state index contributed by atoms with van der Waals surface area (Å²) in [5, 5.41) is 19.3. The van der Waals surface area contributed by atoms with Crippen molar-refractivity contribution in [3.05, 3.63) is 0 Å². The van der Waals surface area contributed by atoms with Crippen molar-refractivity contribution >= 4 is 0 Å². The van der Waals surface area contributed by atoms with E-state index in [4.69, 9.17) is 14.2 Å². The van der Waals surface area contributed by atoms with Crippen molar-refractivity contribution in [1.29, 1.82) is 0 Å². The smallest absolute Gasteiger partial charge is 0.387 e. The van der Waals surface area contributed by atoms with Crippen LogP contribution in [-0.2, 0) is 18.9 Å². The van der Waals surface area contributed by atoms with E-state index in [-0.39, 0.29) is 0 Å². The SMILES string of the molecule is OC1C2OC3OC1C(OC(F)(F)F)C(O3)C2O. The first-order chi connectivity index (χ1) is 7.87. The highest BCUT2D eigenvalue weighted by molar-refractivity contribution is 5.06. The lowest BCUT2D eigenvalue weighted by Crippen LogP contribution is -2.75. The molecule has 4 fully saturated rings. The molecular formula is C8H9F3O6. The molecule has 3 aliphatic heterocycles. The second kappa shape index (κ2) is 3.53. The Morgan fingerprint density at radius 3 is 1.82 bits per heavy atom. The van der Waals surface area contributed by atoms with Gasteiger partial charge in [0.1, 0.15) is 36.6 Å². The first-order valence-electron chi connectivity index (χ1n) is 4.94. The van der Waals surface area contributed by atoms with Crippen LogP contribution in [0.2, 0.25) is 0 Å². The molecule has 98 valence electrons. The maximum Gasteiger partial charge on any atom is 0.522 e. The highest BCUT2D eigenvalue weighted by atomic mass is 19.4. The third-order valence-corrected chi connectivity index (χ3v) is 3.07. The van der Waals surface area contributed by atoms with Gasteiger partial charge in [-0.1, -0.05) is 0 Å². The van der Waals surface area contributed by atoms with E-state index >= 15 is 0 Å². The molecule has 4 aliphatic rings. The molecule has 4 rings (SSSR count). The second-order valence-corrected chi connectivity index (χ2v) is 4.10. The maximum atomic E-state index is 12.2. The van der Waals surface area contributed by atoms with E-state index in [9.17, 15) is 23.4 Å². The molecule has 4 unspecified atom stereocenters. The van der Waals surface area contributed by atoms with Crippen LogP contribution in [0, 0.1) is 0 Å².